The van der Waals surface area contributed by atoms with Crippen molar-refractivity contribution in [2.45, 2.75) is 12.6 Å². The highest BCUT2D eigenvalue weighted by Crippen LogP contribution is 2.10. The molecule has 2 N–H and O–H groups in total. The topological polar surface area (TPSA) is 116 Å². The standard InChI is InChI=1S/C11H12N4O4S/c12-3-7-5-15(1-2-19-7)11(18)13-4-9-14-8(6-20-9)10(16)17/h6-7H,1-2,4-5H2,(H,13,18)(H,16,17). The van der Waals surface area contributed by atoms with Gasteiger partial charge in [-0.05, 0) is 0 Å². The van der Waals surface area contributed by atoms with Gasteiger partial charge in [0.15, 0.2) is 11.8 Å². The molecule has 2 amide bonds. The van der Waals surface area contributed by atoms with Gasteiger partial charge in [-0.2, -0.15) is 5.26 Å². The number of carboxylic acids is 1. The molecule has 1 atom stereocenters. The number of morpholine rings is 1. The number of nitrogens with zero attached hydrogens (tertiary/aromatic N) is 3. The van der Waals surface area contributed by atoms with Crippen LogP contribution in [0.15, 0.2) is 5.38 Å². The molecule has 1 aromatic rings. The molecule has 0 aliphatic carbocycles. The lowest BCUT2D eigenvalue weighted by atomic mass is 10.3. The van der Waals surface area contributed by atoms with Gasteiger partial charge >= 0.3 is 12.0 Å². The third kappa shape index (κ3) is 3.43. The molecule has 1 unspecified atom stereocenters. The fraction of sp³-hybridized carbons (Fsp3) is 0.455. The highest BCUT2D eigenvalue weighted by Gasteiger charge is 2.23. The summed E-state index contributed by atoms with van der Waals surface area (Å²) in [6.07, 6.45) is -0.604. The van der Waals surface area contributed by atoms with E-state index < -0.39 is 12.1 Å². The Morgan fingerprint density at radius 3 is 3.15 bits per heavy atom. The number of hydrogen-bond acceptors (Lipinski definition) is 6. The lowest BCUT2D eigenvalue weighted by Crippen LogP contribution is -2.49. The van der Waals surface area contributed by atoms with Crippen LogP contribution in [-0.4, -0.2) is 52.8 Å². The number of amides is 2. The van der Waals surface area contributed by atoms with Crippen LogP contribution in [0.25, 0.3) is 0 Å². The summed E-state index contributed by atoms with van der Waals surface area (Å²) in [7, 11) is 0. The quantitative estimate of drug-likeness (QED) is 0.827. The van der Waals surface area contributed by atoms with Gasteiger partial charge in [-0.25, -0.2) is 14.6 Å². The van der Waals surface area contributed by atoms with Gasteiger partial charge in [0, 0.05) is 11.9 Å². The van der Waals surface area contributed by atoms with Crippen molar-refractivity contribution >= 4 is 23.3 Å². The van der Waals surface area contributed by atoms with Crippen LogP contribution < -0.4 is 5.32 Å². The summed E-state index contributed by atoms with van der Waals surface area (Å²) in [5, 5.41) is 22.1. The summed E-state index contributed by atoms with van der Waals surface area (Å²) in [4.78, 5) is 27.9. The second-order valence-corrected chi connectivity index (χ2v) is 4.97. The van der Waals surface area contributed by atoms with Gasteiger partial charge in [0.2, 0.25) is 0 Å². The van der Waals surface area contributed by atoms with E-state index in [4.69, 9.17) is 15.1 Å². The van der Waals surface area contributed by atoms with E-state index in [1.807, 2.05) is 6.07 Å². The monoisotopic (exact) mass is 296 g/mol. The molecule has 0 radical (unpaired) electrons. The molecule has 20 heavy (non-hydrogen) atoms. The zero-order valence-electron chi connectivity index (χ0n) is 10.4. The molecule has 1 aliphatic rings. The number of aromatic carboxylic acids is 1. The first-order valence-electron chi connectivity index (χ1n) is 5.82. The first-order chi connectivity index (χ1) is 9.60. The number of hydrogen-bond donors (Lipinski definition) is 2. The van der Waals surface area contributed by atoms with E-state index in [0.717, 1.165) is 0 Å². The summed E-state index contributed by atoms with van der Waals surface area (Å²) in [6.45, 7) is 1.13. The fourth-order valence-electron chi connectivity index (χ4n) is 1.67. The second kappa shape index (κ2) is 6.31. The van der Waals surface area contributed by atoms with Crippen molar-refractivity contribution in [1.29, 1.82) is 5.26 Å². The number of ether oxygens (including phenoxy) is 1. The largest absolute Gasteiger partial charge is 0.476 e. The van der Waals surface area contributed by atoms with Crippen molar-refractivity contribution in [3.8, 4) is 6.07 Å². The average molecular weight is 296 g/mol. The maximum atomic E-state index is 11.9. The number of aromatic nitrogens is 1. The van der Waals surface area contributed by atoms with Gasteiger partial charge in [-0.15, -0.1) is 11.3 Å². The predicted molar refractivity (Wildman–Crippen MR) is 68.2 cm³/mol. The maximum Gasteiger partial charge on any atom is 0.355 e. The van der Waals surface area contributed by atoms with E-state index in [0.29, 0.717) is 18.2 Å². The average Bonchev–Trinajstić information content (AvgIpc) is 2.94. The Morgan fingerprint density at radius 2 is 2.50 bits per heavy atom. The van der Waals surface area contributed by atoms with E-state index in [9.17, 15) is 9.59 Å². The molecular formula is C11H12N4O4S. The number of carboxylic acid groups (broad SMARTS) is 1. The summed E-state index contributed by atoms with van der Waals surface area (Å²) in [6, 6.07) is 1.64. The van der Waals surface area contributed by atoms with Crippen molar-refractivity contribution in [1.82, 2.24) is 15.2 Å². The Bertz CT molecular complexity index is 553. The molecule has 0 bridgehead atoms. The van der Waals surface area contributed by atoms with Gasteiger partial charge < -0.3 is 20.1 Å². The summed E-state index contributed by atoms with van der Waals surface area (Å²) in [5.74, 6) is -1.09. The van der Waals surface area contributed by atoms with Crippen molar-refractivity contribution in [2.75, 3.05) is 19.7 Å². The second-order valence-electron chi connectivity index (χ2n) is 4.02. The molecule has 1 fully saturated rings. The van der Waals surface area contributed by atoms with Gasteiger partial charge in [-0.3, -0.25) is 0 Å². The molecule has 0 spiro atoms. The molecule has 1 aromatic heterocycles. The van der Waals surface area contributed by atoms with Crippen molar-refractivity contribution < 1.29 is 19.4 Å². The molecule has 0 saturated carbocycles. The first-order valence-corrected chi connectivity index (χ1v) is 6.70. The van der Waals surface area contributed by atoms with Crippen LogP contribution in [0.2, 0.25) is 0 Å². The molecule has 2 heterocycles. The van der Waals surface area contributed by atoms with E-state index >= 15 is 0 Å². The van der Waals surface area contributed by atoms with E-state index in [-0.39, 0.29) is 24.8 Å². The van der Waals surface area contributed by atoms with Gasteiger partial charge in [0.1, 0.15) is 5.01 Å². The molecule has 1 aliphatic heterocycles. The minimum absolute atomic E-state index is 0.0323. The fourth-order valence-corrected chi connectivity index (χ4v) is 2.37. The summed E-state index contributed by atoms with van der Waals surface area (Å²) < 4.78 is 5.14. The Morgan fingerprint density at radius 1 is 1.70 bits per heavy atom. The number of urea groups is 1. The number of nitriles is 1. The Labute approximate surface area is 118 Å². The van der Waals surface area contributed by atoms with Gasteiger partial charge in [0.05, 0.1) is 25.8 Å². The van der Waals surface area contributed by atoms with Crippen LogP contribution in [-0.2, 0) is 11.3 Å². The Hall–Kier alpha value is -2.18. The maximum absolute atomic E-state index is 11.9. The minimum Gasteiger partial charge on any atom is -0.476 e. The van der Waals surface area contributed by atoms with E-state index in [1.54, 1.807) is 0 Å². The van der Waals surface area contributed by atoms with Crippen LogP contribution in [0.5, 0.6) is 0 Å². The van der Waals surface area contributed by atoms with Crippen LogP contribution in [0.1, 0.15) is 15.5 Å². The number of carbonyl (C=O) groups is 2. The number of thiazole rings is 1. The van der Waals surface area contributed by atoms with Crippen LogP contribution in [0.4, 0.5) is 4.79 Å². The molecule has 0 aromatic carbocycles. The molecule has 106 valence electrons. The zero-order valence-corrected chi connectivity index (χ0v) is 11.2. The summed E-state index contributed by atoms with van der Waals surface area (Å²) >= 11 is 1.17. The van der Waals surface area contributed by atoms with Crippen molar-refractivity contribution in [3.63, 3.8) is 0 Å². The van der Waals surface area contributed by atoms with E-state index in [1.165, 1.54) is 21.6 Å². The minimum atomic E-state index is -1.09. The Balaban J connectivity index is 1.85. The number of carbonyl (C=O) groups excluding carboxylic acids is 1. The lowest BCUT2D eigenvalue weighted by molar-refractivity contribution is 0.0157. The van der Waals surface area contributed by atoms with Crippen LogP contribution in [0.3, 0.4) is 0 Å². The first kappa shape index (κ1) is 14.2. The van der Waals surface area contributed by atoms with Crippen molar-refractivity contribution in [2.24, 2.45) is 0 Å². The van der Waals surface area contributed by atoms with Gasteiger partial charge in [0.25, 0.3) is 0 Å². The number of rotatable bonds is 3. The molecule has 2 rings (SSSR count). The highest BCUT2D eigenvalue weighted by atomic mass is 32.1. The van der Waals surface area contributed by atoms with E-state index in [2.05, 4.69) is 10.3 Å². The third-order valence-corrected chi connectivity index (χ3v) is 3.51. The Kier molecular flexibility index (Phi) is 4.49. The predicted octanol–water partition coefficient (Wildman–Crippen LogP) is 0.275. The smallest absolute Gasteiger partial charge is 0.355 e. The zero-order chi connectivity index (χ0) is 14.5. The SMILES string of the molecule is N#CC1CN(C(=O)NCc2nc(C(=O)O)cs2)CCO1. The molecule has 9 heteroatoms. The van der Waals surface area contributed by atoms with Crippen LogP contribution in [0, 0.1) is 11.3 Å². The van der Waals surface area contributed by atoms with Gasteiger partial charge in [-0.1, -0.05) is 0 Å². The van der Waals surface area contributed by atoms with Crippen LogP contribution >= 0.6 is 11.3 Å². The molecular weight excluding hydrogens is 284 g/mol. The number of nitrogens with one attached hydrogen (secondary N) is 1. The van der Waals surface area contributed by atoms with Crippen molar-refractivity contribution in [3.05, 3.63) is 16.1 Å². The molecule has 8 nitrogen and oxygen atoms in total. The third-order valence-electron chi connectivity index (χ3n) is 2.66. The normalized spacial score (nSPS) is 18.4. The lowest BCUT2D eigenvalue weighted by Gasteiger charge is -2.29. The highest BCUT2D eigenvalue weighted by molar-refractivity contribution is 7.09. The molecule has 1 saturated heterocycles. The summed E-state index contributed by atoms with van der Waals surface area (Å²) in [5.41, 5.74) is -0.0323.